The molecule has 0 saturated carbocycles. The summed E-state index contributed by atoms with van der Waals surface area (Å²) in [5, 5.41) is 9.14. The zero-order valence-electron chi connectivity index (χ0n) is 11.2. The van der Waals surface area contributed by atoms with Crippen molar-refractivity contribution >= 4 is 0 Å². The maximum absolute atomic E-state index is 9.14. The summed E-state index contributed by atoms with van der Waals surface area (Å²) in [5.41, 5.74) is 8.77. The predicted octanol–water partition coefficient (Wildman–Crippen LogP) is 2.86. The maximum Gasteiger partial charge on any atom is 0.123 e. The Morgan fingerprint density at radius 2 is 1.82 bits per heavy atom. The minimum Gasteiger partial charge on any atom is -0.496 e. The molecule has 0 fully saturated rings. The van der Waals surface area contributed by atoms with E-state index in [1.165, 1.54) is 0 Å². The van der Waals surface area contributed by atoms with Crippen LogP contribution < -0.4 is 10.5 Å². The second kappa shape index (κ2) is 4.77. The number of hydrogen-bond donors (Lipinski definition) is 1. The summed E-state index contributed by atoms with van der Waals surface area (Å²) in [5.74, 6) is 0.754. The van der Waals surface area contributed by atoms with Gasteiger partial charge in [0.2, 0.25) is 0 Å². The van der Waals surface area contributed by atoms with Gasteiger partial charge in [-0.1, -0.05) is 6.07 Å². The van der Waals surface area contributed by atoms with Crippen LogP contribution in [0, 0.1) is 30.6 Å². The molecule has 2 N–H and O–H groups in total. The van der Waals surface area contributed by atoms with Crippen LogP contribution in [0.1, 0.15) is 36.6 Å². The largest absolute Gasteiger partial charge is 0.496 e. The Morgan fingerprint density at radius 3 is 2.29 bits per heavy atom. The number of methoxy groups -OCH3 is 1. The van der Waals surface area contributed by atoms with Crippen molar-refractivity contribution in [3.63, 3.8) is 0 Å². The van der Waals surface area contributed by atoms with Gasteiger partial charge in [-0.3, -0.25) is 0 Å². The van der Waals surface area contributed by atoms with E-state index < -0.39 is 5.41 Å². The summed E-state index contributed by atoms with van der Waals surface area (Å²) in [4.78, 5) is 0. The third kappa shape index (κ3) is 2.59. The van der Waals surface area contributed by atoms with Crippen LogP contribution in [0.25, 0.3) is 0 Å². The zero-order valence-corrected chi connectivity index (χ0v) is 11.2. The first-order chi connectivity index (χ1) is 7.83. The van der Waals surface area contributed by atoms with Gasteiger partial charge in [-0.2, -0.15) is 5.26 Å². The standard InChI is InChI=1S/C14H20N2O/c1-9-6-11(12(17-5)7-10(9)2)13(16)14(3,4)8-15/h6-7,13H,16H2,1-5H3. The molecule has 0 heterocycles. The Bertz CT molecular complexity index is 458. The highest BCUT2D eigenvalue weighted by Gasteiger charge is 2.30. The van der Waals surface area contributed by atoms with Gasteiger partial charge in [0.25, 0.3) is 0 Å². The molecule has 0 radical (unpaired) electrons. The molecular weight excluding hydrogens is 212 g/mol. The van der Waals surface area contributed by atoms with E-state index in [1.807, 2.05) is 39.8 Å². The smallest absolute Gasteiger partial charge is 0.123 e. The summed E-state index contributed by atoms with van der Waals surface area (Å²) in [6.45, 7) is 7.74. The molecule has 92 valence electrons. The van der Waals surface area contributed by atoms with Gasteiger partial charge in [0.05, 0.1) is 24.6 Å². The SMILES string of the molecule is COc1cc(C)c(C)cc1C(N)C(C)(C)C#N. The molecule has 0 aliphatic rings. The molecule has 0 saturated heterocycles. The van der Waals surface area contributed by atoms with E-state index in [1.54, 1.807) is 7.11 Å². The number of aryl methyl sites for hydroxylation is 2. The van der Waals surface area contributed by atoms with Crippen molar-refractivity contribution < 1.29 is 4.74 Å². The molecule has 1 aromatic rings. The van der Waals surface area contributed by atoms with Crippen LogP contribution in [0.4, 0.5) is 0 Å². The minimum absolute atomic E-state index is 0.359. The molecular formula is C14H20N2O. The highest BCUT2D eigenvalue weighted by atomic mass is 16.5. The molecule has 0 bridgehead atoms. The molecule has 0 aromatic heterocycles. The van der Waals surface area contributed by atoms with Gasteiger partial charge in [-0.15, -0.1) is 0 Å². The first kappa shape index (κ1) is 13.5. The normalized spacial score (nSPS) is 13.0. The van der Waals surface area contributed by atoms with Gasteiger partial charge in [0.1, 0.15) is 5.75 Å². The van der Waals surface area contributed by atoms with Crippen molar-refractivity contribution in [2.45, 2.75) is 33.7 Å². The maximum atomic E-state index is 9.14. The second-order valence-electron chi connectivity index (χ2n) is 4.99. The Kier molecular flexibility index (Phi) is 3.79. The molecule has 0 aliphatic heterocycles. The molecule has 0 amide bonds. The van der Waals surface area contributed by atoms with Crippen LogP contribution in [-0.4, -0.2) is 7.11 Å². The fourth-order valence-corrected chi connectivity index (χ4v) is 1.69. The molecule has 0 spiro atoms. The van der Waals surface area contributed by atoms with Crippen LogP contribution in [0.5, 0.6) is 5.75 Å². The highest BCUT2D eigenvalue weighted by molar-refractivity contribution is 5.44. The van der Waals surface area contributed by atoms with E-state index in [2.05, 4.69) is 6.07 Å². The van der Waals surface area contributed by atoms with Crippen molar-refractivity contribution in [3.8, 4) is 11.8 Å². The van der Waals surface area contributed by atoms with Gasteiger partial charge in [0.15, 0.2) is 0 Å². The minimum atomic E-state index is -0.616. The molecule has 3 heteroatoms. The van der Waals surface area contributed by atoms with Gasteiger partial charge in [-0.25, -0.2) is 0 Å². The fourth-order valence-electron chi connectivity index (χ4n) is 1.69. The van der Waals surface area contributed by atoms with Crippen LogP contribution >= 0.6 is 0 Å². The average Bonchev–Trinajstić information content (AvgIpc) is 2.31. The Morgan fingerprint density at radius 1 is 1.29 bits per heavy atom. The summed E-state index contributed by atoms with van der Waals surface area (Å²) >= 11 is 0. The molecule has 17 heavy (non-hydrogen) atoms. The van der Waals surface area contributed by atoms with E-state index >= 15 is 0 Å². The number of nitrogens with zero attached hydrogens (tertiary/aromatic N) is 1. The van der Waals surface area contributed by atoms with E-state index in [0.29, 0.717) is 0 Å². The Balaban J connectivity index is 3.32. The van der Waals surface area contributed by atoms with Gasteiger partial charge >= 0.3 is 0 Å². The average molecular weight is 232 g/mol. The summed E-state index contributed by atoms with van der Waals surface area (Å²) in [6, 6.07) is 5.87. The van der Waals surface area contributed by atoms with Crippen molar-refractivity contribution in [1.29, 1.82) is 5.26 Å². The van der Waals surface area contributed by atoms with Crippen molar-refractivity contribution in [2.24, 2.45) is 11.1 Å². The number of nitriles is 1. The lowest BCUT2D eigenvalue weighted by Gasteiger charge is -2.26. The number of ether oxygens (including phenoxy) is 1. The first-order valence-corrected chi connectivity index (χ1v) is 5.65. The van der Waals surface area contributed by atoms with Gasteiger partial charge in [-0.05, 0) is 44.9 Å². The summed E-state index contributed by atoms with van der Waals surface area (Å²) in [6.07, 6.45) is 0. The second-order valence-corrected chi connectivity index (χ2v) is 4.99. The first-order valence-electron chi connectivity index (χ1n) is 5.65. The fraction of sp³-hybridized carbons (Fsp3) is 0.500. The van der Waals surface area contributed by atoms with Gasteiger partial charge < -0.3 is 10.5 Å². The van der Waals surface area contributed by atoms with E-state index in [0.717, 1.165) is 22.4 Å². The third-order valence-corrected chi connectivity index (χ3v) is 3.25. The Labute approximate surface area is 103 Å². The molecule has 1 unspecified atom stereocenters. The lowest BCUT2D eigenvalue weighted by molar-refractivity contribution is 0.362. The molecule has 3 nitrogen and oxygen atoms in total. The summed E-state index contributed by atoms with van der Waals surface area (Å²) < 4.78 is 5.35. The van der Waals surface area contributed by atoms with Crippen molar-refractivity contribution in [1.82, 2.24) is 0 Å². The van der Waals surface area contributed by atoms with E-state index in [4.69, 9.17) is 15.7 Å². The van der Waals surface area contributed by atoms with Crippen molar-refractivity contribution in [3.05, 3.63) is 28.8 Å². The van der Waals surface area contributed by atoms with Crippen LogP contribution in [0.2, 0.25) is 0 Å². The van der Waals surface area contributed by atoms with E-state index in [9.17, 15) is 0 Å². The number of hydrogen-bond acceptors (Lipinski definition) is 3. The highest BCUT2D eigenvalue weighted by Crippen LogP contribution is 2.36. The lowest BCUT2D eigenvalue weighted by atomic mass is 9.81. The summed E-state index contributed by atoms with van der Waals surface area (Å²) in [7, 11) is 1.62. The van der Waals surface area contributed by atoms with Crippen LogP contribution in [-0.2, 0) is 0 Å². The molecule has 0 aliphatic carbocycles. The van der Waals surface area contributed by atoms with Crippen molar-refractivity contribution in [2.75, 3.05) is 7.11 Å². The molecule has 1 aromatic carbocycles. The Hall–Kier alpha value is -1.53. The predicted molar refractivity (Wildman–Crippen MR) is 68.8 cm³/mol. The quantitative estimate of drug-likeness (QED) is 0.871. The van der Waals surface area contributed by atoms with E-state index in [-0.39, 0.29) is 6.04 Å². The van der Waals surface area contributed by atoms with Crippen LogP contribution in [0.3, 0.4) is 0 Å². The van der Waals surface area contributed by atoms with Gasteiger partial charge in [0, 0.05) is 5.56 Å². The third-order valence-electron chi connectivity index (χ3n) is 3.25. The topological polar surface area (TPSA) is 59.0 Å². The van der Waals surface area contributed by atoms with Crippen LogP contribution in [0.15, 0.2) is 12.1 Å². The molecule has 1 rings (SSSR count). The monoisotopic (exact) mass is 232 g/mol. The number of benzene rings is 1. The zero-order chi connectivity index (χ0) is 13.2. The number of nitrogens with two attached hydrogens (primary N) is 1. The lowest BCUT2D eigenvalue weighted by Crippen LogP contribution is -2.28. The number of rotatable bonds is 3. The molecule has 1 atom stereocenters.